The Labute approximate surface area is 159 Å². The van der Waals surface area contributed by atoms with Gasteiger partial charge in [0.15, 0.2) is 0 Å². The maximum atomic E-state index is 6.11. The average Bonchev–Trinajstić information content (AvgIpc) is 3.08. The van der Waals surface area contributed by atoms with Crippen LogP contribution in [0.2, 0.25) is 5.02 Å². The summed E-state index contributed by atoms with van der Waals surface area (Å²) >= 11 is 6.11. The highest BCUT2D eigenvalue weighted by atomic mass is 35.5. The third kappa shape index (κ3) is 3.23. The lowest BCUT2D eigenvalue weighted by Gasteiger charge is -2.33. The van der Waals surface area contributed by atoms with E-state index in [2.05, 4.69) is 41.3 Å². The van der Waals surface area contributed by atoms with Crippen molar-refractivity contribution in [3.63, 3.8) is 0 Å². The summed E-state index contributed by atoms with van der Waals surface area (Å²) in [5.41, 5.74) is 17.1. The van der Waals surface area contributed by atoms with Gasteiger partial charge in [-0.25, -0.2) is 0 Å². The van der Waals surface area contributed by atoms with E-state index in [0.717, 1.165) is 29.2 Å². The van der Waals surface area contributed by atoms with Crippen LogP contribution in [0.1, 0.15) is 36.1 Å². The van der Waals surface area contributed by atoms with Crippen molar-refractivity contribution < 1.29 is 0 Å². The van der Waals surface area contributed by atoms with Crippen LogP contribution < -0.4 is 16.4 Å². The zero-order valence-corrected chi connectivity index (χ0v) is 15.2. The van der Waals surface area contributed by atoms with Gasteiger partial charge in [0, 0.05) is 22.1 Å². The molecule has 3 aromatic carbocycles. The molecule has 4 rings (SSSR count). The molecule has 0 aliphatic carbocycles. The van der Waals surface area contributed by atoms with E-state index < -0.39 is 0 Å². The summed E-state index contributed by atoms with van der Waals surface area (Å²) in [5, 5.41) is 0.751. The van der Waals surface area contributed by atoms with Crippen LogP contribution >= 0.6 is 11.6 Å². The fraction of sp³-hybridized carbons (Fsp3) is 0.182. The summed E-state index contributed by atoms with van der Waals surface area (Å²) in [6, 6.07) is 25.2. The number of hydrogen-bond acceptors (Lipinski definition) is 3. The predicted molar refractivity (Wildman–Crippen MR) is 110 cm³/mol. The van der Waals surface area contributed by atoms with Crippen LogP contribution in [0.5, 0.6) is 0 Å². The minimum atomic E-state index is 0.305. The number of rotatable bonds is 3. The average molecular weight is 364 g/mol. The van der Waals surface area contributed by atoms with E-state index in [1.54, 1.807) is 0 Å². The van der Waals surface area contributed by atoms with Crippen molar-refractivity contribution in [1.29, 1.82) is 0 Å². The molecule has 0 amide bonds. The number of halogens is 1. The largest absolute Gasteiger partial charge is 0.399 e. The predicted octanol–water partition coefficient (Wildman–Crippen LogP) is 5.59. The molecule has 26 heavy (non-hydrogen) atoms. The molecule has 1 fully saturated rings. The van der Waals surface area contributed by atoms with E-state index in [0.29, 0.717) is 12.1 Å². The Morgan fingerprint density at radius 3 is 1.50 bits per heavy atom. The van der Waals surface area contributed by atoms with E-state index in [1.165, 1.54) is 16.8 Å². The molecule has 1 aliphatic heterocycles. The second kappa shape index (κ2) is 6.93. The van der Waals surface area contributed by atoms with Crippen LogP contribution in [0.3, 0.4) is 0 Å². The number of nitrogen functional groups attached to an aromatic ring is 2. The van der Waals surface area contributed by atoms with Crippen LogP contribution in [0.15, 0.2) is 72.8 Å². The Balaban J connectivity index is 1.75. The molecule has 1 saturated heterocycles. The Bertz CT molecular complexity index is 819. The fourth-order valence-electron chi connectivity index (χ4n) is 3.88. The number of nitrogens with two attached hydrogens (primary N) is 2. The molecule has 0 bridgehead atoms. The molecule has 0 spiro atoms. The first-order valence-corrected chi connectivity index (χ1v) is 9.24. The lowest BCUT2D eigenvalue weighted by molar-refractivity contribution is 0.674. The van der Waals surface area contributed by atoms with E-state index in [1.807, 2.05) is 36.4 Å². The molecule has 4 heteroatoms. The zero-order chi connectivity index (χ0) is 18.1. The Kier molecular flexibility index (Phi) is 4.48. The molecule has 1 aliphatic rings. The van der Waals surface area contributed by atoms with Gasteiger partial charge in [0.05, 0.1) is 12.1 Å². The van der Waals surface area contributed by atoms with Crippen LogP contribution in [-0.4, -0.2) is 0 Å². The molecule has 0 radical (unpaired) electrons. The van der Waals surface area contributed by atoms with Crippen molar-refractivity contribution >= 4 is 28.7 Å². The molecule has 0 saturated carbocycles. The molecule has 2 atom stereocenters. The van der Waals surface area contributed by atoms with Gasteiger partial charge in [0.1, 0.15) is 0 Å². The minimum Gasteiger partial charge on any atom is -0.399 e. The van der Waals surface area contributed by atoms with Gasteiger partial charge in [-0.2, -0.15) is 0 Å². The van der Waals surface area contributed by atoms with Crippen molar-refractivity contribution in [3.8, 4) is 0 Å². The quantitative estimate of drug-likeness (QED) is 0.596. The number of nitrogens with zero attached hydrogens (tertiary/aromatic N) is 1. The lowest BCUT2D eigenvalue weighted by atomic mass is 10.0. The second-order valence-electron chi connectivity index (χ2n) is 6.83. The molecule has 4 N–H and O–H groups in total. The maximum absolute atomic E-state index is 6.11. The molecule has 3 aromatic rings. The lowest BCUT2D eigenvalue weighted by Crippen LogP contribution is -2.26. The van der Waals surface area contributed by atoms with E-state index >= 15 is 0 Å². The van der Waals surface area contributed by atoms with Crippen LogP contribution in [0, 0.1) is 0 Å². The molecule has 1 heterocycles. The molecule has 132 valence electrons. The van der Waals surface area contributed by atoms with E-state index in [9.17, 15) is 0 Å². The van der Waals surface area contributed by atoms with Gasteiger partial charge in [-0.3, -0.25) is 0 Å². The second-order valence-corrected chi connectivity index (χ2v) is 7.26. The van der Waals surface area contributed by atoms with Crippen LogP contribution in [0.4, 0.5) is 17.1 Å². The number of benzene rings is 3. The van der Waals surface area contributed by atoms with Gasteiger partial charge in [-0.05, 0) is 72.5 Å². The maximum Gasteiger partial charge on any atom is 0.0549 e. The standard InChI is InChI=1S/C22H22ClN3/c23-17-5-11-20(12-6-17)26-21(15-1-7-18(24)8-2-15)13-14-22(26)16-3-9-19(25)10-4-16/h1-12,21-22H,13-14,24-25H2. The molecular formula is C22H22ClN3. The third-order valence-electron chi connectivity index (χ3n) is 5.15. The first kappa shape index (κ1) is 16.8. The topological polar surface area (TPSA) is 55.3 Å². The number of anilines is 3. The van der Waals surface area contributed by atoms with Gasteiger partial charge < -0.3 is 16.4 Å². The monoisotopic (exact) mass is 363 g/mol. The SMILES string of the molecule is Nc1ccc(C2CCC(c3ccc(N)cc3)N2c2ccc(Cl)cc2)cc1. The molecule has 2 unspecified atom stereocenters. The van der Waals surface area contributed by atoms with Crippen molar-refractivity contribution in [1.82, 2.24) is 0 Å². The van der Waals surface area contributed by atoms with Gasteiger partial charge in [-0.15, -0.1) is 0 Å². The summed E-state index contributed by atoms with van der Waals surface area (Å²) in [7, 11) is 0. The van der Waals surface area contributed by atoms with Gasteiger partial charge in [0.25, 0.3) is 0 Å². The van der Waals surface area contributed by atoms with Crippen molar-refractivity contribution in [2.45, 2.75) is 24.9 Å². The Hall–Kier alpha value is -2.65. The van der Waals surface area contributed by atoms with Gasteiger partial charge >= 0.3 is 0 Å². The highest BCUT2D eigenvalue weighted by Gasteiger charge is 2.35. The zero-order valence-electron chi connectivity index (χ0n) is 14.5. The van der Waals surface area contributed by atoms with Crippen LogP contribution in [0.25, 0.3) is 0 Å². The summed E-state index contributed by atoms with van der Waals surface area (Å²) < 4.78 is 0. The van der Waals surface area contributed by atoms with E-state index in [-0.39, 0.29) is 0 Å². The van der Waals surface area contributed by atoms with Crippen molar-refractivity contribution in [2.75, 3.05) is 16.4 Å². The highest BCUT2D eigenvalue weighted by molar-refractivity contribution is 6.30. The van der Waals surface area contributed by atoms with Crippen LogP contribution in [-0.2, 0) is 0 Å². The molecule has 0 aromatic heterocycles. The first-order chi connectivity index (χ1) is 12.6. The van der Waals surface area contributed by atoms with Gasteiger partial charge in [-0.1, -0.05) is 35.9 Å². The number of hydrogen-bond donors (Lipinski definition) is 2. The minimum absolute atomic E-state index is 0.305. The van der Waals surface area contributed by atoms with Crippen molar-refractivity contribution in [3.05, 3.63) is 88.9 Å². The molecular weight excluding hydrogens is 342 g/mol. The highest BCUT2D eigenvalue weighted by Crippen LogP contribution is 2.47. The van der Waals surface area contributed by atoms with Crippen molar-refractivity contribution in [2.24, 2.45) is 0 Å². The van der Waals surface area contributed by atoms with E-state index in [4.69, 9.17) is 23.1 Å². The fourth-order valence-corrected chi connectivity index (χ4v) is 4.00. The normalized spacial score (nSPS) is 19.7. The smallest absolute Gasteiger partial charge is 0.0549 e. The Morgan fingerprint density at radius 2 is 1.08 bits per heavy atom. The third-order valence-corrected chi connectivity index (χ3v) is 5.40. The first-order valence-electron chi connectivity index (χ1n) is 8.86. The van der Waals surface area contributed by atoms with Gasteiger partial charge in [0.2, 0.25) is 0 Å². The molecule has 3 nitrogen and oxygen atoms in total. The summed E-state index contributed by atoms with van der Waals surface area (Å²) in [5.74, 6) is 0. The summed E-state index contributed by atoms with van der Waals surface area (Å²) in [6.45, 7) is 0. The summed E-state index contributed by atoms with van der Waals surface area (Å²) in [4.78, 5) is 2.49. The summed E-state index contributed by atoms with van der Waals surface area (Å²) in [6.07, 6.45) is 2.17. The Morgan fingerprint density at radius 1 is 0.654 bits per heavy atom.